The molecule has 0 aliphatic carbocycles. The van der Waals surface area contributed by atoms with E-state index in [0.29, 0.717) is 23.0 Å². The molecule has 0 atom stereocenters. The molecule has 1 aliphatic heterocycles. The normalized spacial score (nSPS) is 15.2. The van der Waals surface area contributed by atoms with Crippen LogP contribution < -0.4 is 4.74 Å². The molecule has 1 aliphatic rings. The fourth-order valence-electron chi connectivity index (χ4n) is 3.54. The van der Waals surface area contributed by atoms with Crippen molar-refractivity contribution in [1.29, 1.82) is 0 Å². The summed E-state index contributed by atoms with van der Waals surface area (Å²) in [4.78, 5) is 14.4. The Balaban J connectivity index is 1.34. The van der Waals surface area contributed by atoms with Crippen LogP contribution in [0.25, 0.3) is 0 Å². The van der Waals surface area contributed by atoms with E-state index in [2.05, 4.69) is 11.2 Å². The number of hydrogen-bond acceptors (Lipinski definition) is 6. The minimum Gasteiger partial charge on any atom is -0.471 e. The summed E-state index contributed by atoms with van der Waals surface area (Å²) in [5.41, 5.74) is 2.55. The molecular formula is C21H24N4O4S2. The number of piperazine rings is 1. The van der Waals surface area contributed by atoms with Gasteiger partial charge < -0.3 is 9.64 Å². The van der Waals surface area contributed by atoms with Gasteiger partial charge in [0.25, 0.3) is 15.9 Å². The van der Waals surface area contributed by atoms with Crippen LogP contribution in [0, 0.1) is 13.8 Å². The van der Waals surface area contributed by atoms with E-state index in [1.165, 1.54) is 15.6 Å². The van der Waals surface area contributed by atoms with Crippen LogP contribution in [0.1, 0.15) is 21.6 Å². The van der Waals surface area contributed by atoms with E-state index in [4.69, 9.17) is 4.74 Å². The van der Waals surface area contributed by atoms with Crippen molar-refractivity contribution in [2.45, 2.75) is 24.8 Å². The fourth-order valence-corrected chi connectivity index (χ4v) is 6.10. The SMILES string of the molecule is Cc1cc(C)cc(OCn2ccc(C(=O)N3CCN(S(=O)(=O)c4cccs4)CC3)n2)c1. The average molecular weight is 461 g/mol. The lowest BCUT2D eigenvalue weighted by Gasteiger charge is -2.33. The van der Waals surface area contributed by atoms with Crippen molar-refractivity contribution in [2.75, 3.05) is 26.2 Å². The Bertz CT molecular complexity index is 1140. The summed E-state index contributed by atoms with van der Waals surface area (Å²) in [5.74, 6) is 0.544. The molecular weight excluding hydrogens is 436 g/mol. The van der Waals surface area contributed by atoms with Crippen molar-refractivity contribution in [3.8, 4) is 5.75 Å². The molecule has 8 nitrogen and oxygen atoms in total. The molecule has 3 heterocycles. The highest BCUT2D eigenvalue weighted by Gasteiger charge is 2.31. The van der Waals surface area contributed by atoms with E-state index >= 15 is 0 Å². The number of ether oxygens (including phenoxy) is 1. The molecule has 0 radical (unpaired) electrons. The van der Waals surface area contributed by atoms with E-state index in [0.717, 1.165) is 16.9 Å². The topological polar surface area (TPSA) is 84.7 Å². The van der Waals surface area contributed by atoms with Crippen LogP contribution in [0.4, 0.5) is 0 Å². The minimum absolute atomic E-state index is 0.197. The summed E-state index contributed by atoms with van der Waals surface area (Å²) in [6.45, 7) is 5.41. The number of benzene rings is 1. The number of aromatic nitrogens is 2. The van der Waals surface area contributed by atoms with E-state index < -0.39 is 10.0 Å². The largest absolute Gasteiger partial charge is 0.471 e. The number of hydrogen-bond donors (Lipinski definition) is 0. The zero-order valence-corrected chi connectivity index (χ0v) is 19.0. The summed E-state index contributed by atoms with van der Waals surface area (Å²) in [5, 5.41) is 6.07. The molecule has 1 fully saturated rings. The van der Waals surface area contributed by atoms with Crippen molar-refractivity contribution in [3.05, 3.63) is 64.8 Å². The fraction of sp³-hybridized carbons (Fsp3) is 0.333. The first kappa shape index (κ1) is 21.5. The number of amides is 1. The lowest BCUT2D eigenvalue weighted by atomic mass is 10.1. The smallest absolute Gasteiger partial charge is 0.274 e. The molecule has 10 heteroatoms. The standard InChI is InChI=1S/C21H24N4O4S2/c1-16-12-17(2)14-18(13-16)29-15-24-6-5-19(22-24)21(26)23-7-9-25(10-8-23)31(27,28)20-4-3-11-30-20/h3-6,11-14H,7-10,15H2,1-2H3. The Morgan fingerprint density at radius 3 is 2.45 bits per heavy atom. The maximum Gasteiger partial charge on any atom is 0.274 e. The maximum atomic E-state index is 12.8. The summed E-state index contributed by atoms with van der Waals surface area (Å²) in [6, 6.07) is 10.9. The van der Waals surface area contributed by atoms with E-state index in [9.17, 15) is 13.2 Å². The summed E-state index contributed by atoms with van der Waals surface area (Å²) < 4.78 is 34.4. The zero-order valence-electron chi connectivity index (χ0n) is 17.4. The Morgan fingerprint density at radius 2 is 1.81 bits per heavy atom. The first-order valence-corrected chi connectivity index (χ1v) is 12.2. The number of sulfonamides is 1. The van der Waals surface area contributed by atoms with Gasteiger partial charge in [0.05, 0.1) is 0 Å². The molecule has 2 aromatic heterocycles. The predicted molar refractivity (Wildman–Crippen MR) is 118 cm³/mol. The molecule has 0 bridgehead atoms. The molecule has 31 heavy (non-hydrogen) atoms. The van der Waals surface area contributed by atoms with Gasteiger partial charge in [0, 0.05) is 32.4 Å². The Morgan fingerprint density at radius 1 is 1.10 bits per heavy atom. The van der Waals surface area contributed by atoms with Gasteiger partial charge in [0.2, 0.25) is 0 Å². The third-order valence-corrected chi connectivity index (χ3v) is 8.31. The molecule has 1 aromatic carbocycles. The molecule has 4 rings (SSSR count). The number of carbonyl (C=O) groups is 1. The van der Waals surface area contributed by atoms with Gasteiger partial charge in [-0.1, -0.05) is 12.1 Å². The molecule has 0 N–H and O–H groups in total. The molecule has 1 amide bonds. The highest BCUT2D eigenvalue weighted by molar-refractivity contribution is 7.91. The van der Waals surface area contributed by atoms with Crippen LogP contribution in [-0.4, -0.2) is 59.5 Å². The van der Waals surface area contributed by atoms with Gasteiger partial charge in [-0.25, -0.2) is 13.1 Å². The summed E-state index contributed by atoms with van der Waals surface area (Å²) in [6.07, 6.45) is 1.70. The second-order valence-electron chi connectivity index (χ2n) is 7.47. The molecule has 0 spiro atoms. The van der Waals surface area contributed by atoms with Crippen molar-refractivity contribution < 1.29 is 17.9 Å². The Labute approximate surface area is 185 Å². The molecule has 0 saturated carbocycles. The number of thiophene rings is 1. The first-order chi connectivity index (χ1) is 14.8. The van der Waals surface area contributed by atoms with Gasteiger partial charge in [-0.2, -0.15) is 9.40 Å². The quantitative estimate of drug-likeness (QED) is 0.565. The predicted octanol–water partition coefficient (Wildman–Crippen LogP) is 2.74. The lowest BCUT2D eigenvalue weighted by Crippen LogP contribution is -2.50. The monoisotopic (exact) mass is 460 g/mol. The van der Waals surface area contributed by atoms with Gasteiger partial charge >= 0.3 is 0 Å². The van der Waals surface area contributed by atoms with E-state index in [1.807, 2.05) is 26.0 Å². The number of aryl methyl sites for hydroxylation is 2. The van der Waals surface area contributed by atoms with Gasteiger partial charge in [-0.3, -0.25) is 4.79 Å². The number of rotatable bonds is 6. The molecule has 164 valence electrons. The van der Waals surface area contributed by atoms with Crippen LogP contribution in [-0.2, 0) is 16.8 Å². The maximum absolute atomic E-state index is 12.8. The summed E-state index contributed by atoms with van der Waals surface area (Å²) in [7, 11) is -3.49. The van der Waals surface area contributed by atoms with Crippen LogP contribution in [0.15, 0.2) is 52.2 Å². The lowest BCUT2D eigenvalue weighted by molar-refractivity contribution is 0.0690. The zero-order chi connectivity index (χ0) is 22.0. The van der Waals surface area contributed by atoms with E-state index in [-0.39, 0.29) is 25.7 Å². The second kappa shape index (κ2) is 8.81. The van der Waals surface area contributed by atoms with Gasteiger partial charge in [0.1, 0.15) is 9.96 Å². The molecule has 0 unspecified atom stereocenters. The van der Waals surface area contributed by atoms with Crippen LogP contribution >= 0.6 is 11.3 Å². The van der Waals surface area contributed by atoms with E-state index in [1.54, 1.807) is 39.4 Å². The Hall–Kier alpha value is -2.69. The van der Waals surface area contributed by atoms with Crippen LogP contribution in [0.2, 0.25) is 0 Å². The van der Waals surface area contributed by atoms with Gasteiger partial charge in [-0.15, -0.1) is 11.3 Å². The molecule has 1 saturated heterocycles. The van der Waals surface area contributed by atoms with Gasteiger partial charge in [-0.05, 0) is 54.6 Å². The third-order valence-electron chi connectivity index (χ3n) is 5.03. The number of nitrogens with zero attached hydrogens (tertiary/aromatic N) is 4. The Kier molecular flexibility index (Phi) is 6.12. The highest BCUT2D eigenvalue weighted by Crippen LogP contribution is 2.22. The van der Waals surface area contributed by atoms with Crippen molar-refractivity contribution in [3.63, 3.8) is 0 Å². The highest BCUT2D eigenvalue weighted by atomic mass is 32.2. The second-order valence-corrected chi connectivity index (χ2v) is 10.6. The van der Waals surface area contributed by atoms with Crippen molar-refractivity contribution >= 4 is 27.3 Å². The number of carbonyl (C=O) groups excluding carboxylic acids is 1. The summed E-state index contributed by atoms with van der Waals surface area (Å²) >= 11 is 1.20. The van der Waals surface area contributed by atoms with Crippen LogP contribution in [0.5, 0.6) is 5.75 Å². The minimum atomic E-state index is -3.49. The average Bonchev–Trinajstić information content (AvgIpc) is 3.44. The van der Waals surface area contributed by atoms with Crippen molar-refractivity contribution in [2.24, 2.45) is 0 Å². The molecule has 3 aromatic rings. The third kappa shape index (κ3) is 4.81. The first-order valence-electron chi connectivity index (χ1n) is 9.90. The van der Waals surface area contributed by atoms with Crippen LogP contribution in [0.3, 0.4) is 0 Å². The van der Waals surface area contributed by atoms with Gasteiger partial charge in [0.15, 0.2) is 12.4 Å². The van der Waals surface area contributed by atoms with Crippen molar-refractivity contribution in [1.82, 2.24) is 19.0 Å².